The lowest BCUT2D eigenvalue weighted by molar-refractivity contribution is -0.139. The van der Waals surface area contributed by atoms with Crippen LogP contribution in [0.5, 0.6) is 0 Å². The fraction of sp³-hybridized carbons (Fsp3) is 0.733. The number of imide groups is 1. The molecule has 1 heterocycles. The summed E-state index contributed by atoms with van der Waals surface area (Å²) in [5.74, 6) is 0.113. The second kappa shape index (κ2) is 8.10. The zero-order chi connectivity index (χ0) is 14.3. The van der Waals surface area contributed by atoms with E-state index in [0.29, 0.717) is 19.1 Å². The second-order valence-electron chi connectivity index (χ2n) is 5.05. The predicted molar refractivity (Wildman–Crippen MR) is 74.6 cm³/mol. The number of nitrogens with zero attached hydrogens (tertiary/aromatic N) is 1. The summed E-state index contributed by atoms with van der Waals surface area (Å²) >= 11 is 0. The highest BCUT2D eigenvalue weighted by atomic mass is 16.5. The number of carbonyl (C=O) groups excluding carboxylic acids is 2. The molecular weight excluding hydrogens is 242 g/mol. The summed E-state index contributed by atoms with van der Waals surface area (Å²) in [7, 11) is 0. The van der Waals surface area contributed by atoms with Crippen LogP contribution in [-0.4, -0.2) is 36.0 Å². The van der Waals surface area contributed by atoms with E-state index in [9.17, 15) is 9.59 Å². The maximum atomic E-state index is 11.5. The summed E-state index contributed by atoms with van der Waals surface area (Å²) < 4.78 is 5.88. The van der Waals surface area contributed by atoms with Gasteiger partial charge in [0.1, 0.15) is 0 Å². The highest BCUT2D eigenvalue weighted by Crippen LogP contribution is 2.14. The van der Waals surface area contributed by atoms with Crippen LogP contribution in [0, 0.1) is 5.92 Å². The minimum Gasteiger partial charge on any atom is -0.376 e. The van der Waals surface area contributed by atoms with Crippen molar-refractivity contribution in [2.45, 2.75) is 52.6 Å². The molecule has 0 fully saturated rings. The van der Waals surface area contributed by atoms with Crippen LogP contribution in [0.2, 0.25) is 0 Å². The average Bonchev–Trinajstić information content (AvgIpc) is 2.73. The molecule has 0 bridgehead atoms. The van der Waals surface area contributed by atoms with Crippen molar-refractivity contribution in [3.8, 4) is 0 Å². The average molecular weight is 267 g/mol. The molecular formula is C15H25NO3. The van der Waals surface area contributed by atoms with Gasteiger partial charge in [-0.05, 0) is 18.8 Å². The van der Waals surface area contributed by atoms with Crippen LogP contribution >= 0.6 is 0 Å². The van der Waals surface area contributed by atoms with Gasteiger partial charge in [-0.1, -0.05) is 33.6 Å². The van der Waals surface area contributed by atoms with Crippen molar-refractivity contribution in [3.05, 3.63) is 12.2 Å². The molecule has 4 nitrogen and oxygen atoms in total. The van der Waals surface area contributed by atoms with Crippen LogP contribution in [0.15, 0.2) is 12.2 Å². The first-order valence-electron chi connectivity index (χ1n) is 7.27. The summed E-state index contributed by atoms with van der Waals surface area (Å²) in [6, 6.07) is 0. The standard InChI is InChI=1S/C15H25NO3/c1-4-7-12(5-2)11-19-13(6-3)10-16-14(17)8-9-15(16)18/h8-9,12-13H,4-7,10-11H2,1-3H3. The van der Waals surface area contributed by atoms with E-state index in [4.69, 9.17) is 4.74 Å². The van der Waals surface area contributed by atoms with E-state index in [0.717, 1.165) is 25.7 Å². The third-order valence-corrected chi connectivity index (χ3v) is 3.58. The molecule has 19 heavy (non-hydrogen) atoms. The molecule has 1 aliphatic heterocycles. The molecule has 0 aromatic rings. The minimum atomic E-state index is -0.229. The number of hydrogen-bond donors (Lipinski definition) is 0. The van der Waals surface area contributed by atoms with Crippen LogP contribution < -0.4 is 0 Å². The van der Waals surface area contributed by atoms with Crippen molar-refractivity contribution in [3.63, 3.8) is 0 Å². The topological polar surface area (TPSA) is 46.6 Å². The summed E-state index contributed by atoms with van der Waals surface area (Å²) in [6.07, 6.45) is 6.82. The molecule has 0 radical (unpaired) electrons. The monoisotopic (exact) mass is 267 g/mol. The van der Waals surface area contributed by atoms with Gasteiger partial charge in [0.2, 0.25) is 0 Å². The highest BCUT2D eigenvalue weighted by Gasteiger charge is 2.26. The van der Waals surface area contributed by atoms with Crippen molar-refractivity contribution < 1.29 is 14.3 Å². The molecule has 0 spiro atoms. The molecule has 0 saturated heterocycles. The molecule has 2 amide bonds. The van der Waals surface area contributed by atoms with Crippen molar-refractivity contribution in [2.24, 2.45) is 5.92 Å². The Morgan fingerprint density at radius 1 is 1.11 bits per heavy atom. The lowest BCUT2D eigenvalue weighted by Crippen LogP contribution is -2.38. The molecule has 0 aliphatic carbocycles. The normalized spacial score (nSPS) is 18.2. The molecule has 0 saturated carbocycles. The largest absolute Gasteiger partial charge is 0.376 e. The molecule has 4 heteroatoms. The maximum absolute atomic E-state index is 11.5. The lowest BCUT2D eigenvalue weighted by Gasteiger charge is -2.24. The van der Waals surface area contributed by atoms with E-state index in [1.54, 1.807) is 0 Å². The summed E-state index contributed by atoms with van der Waals surface area (Å²) in [5, 5.41) is 0. The Morgan fingerprint density at radius 2 is 1.74 bits per heavy atom. The number of hydrogen-bond acceptors (Lipinski definition) is 3. The van der Waals surface area contributed by atoms with Gasteiger partial charge in [0, 0.05) is 18.8 Å². The Bertz CT molecular complexity index is 320. The molecule has 0 aromatic carbocycles. The van der Waals surface area contributed by atoms with E-state index in [2.05, 4.69) is 13.8 Å². The van der Waals surface area contributed by atoms with Gasteiger partial charge in [-0.3, -0.25) is 14.5 Å². The Labute approximate surface area is 115 Å². The molecule has 2 unspecified atom stereocenters. The Morgan fingerprint density at radius 3 is 2.21 bits per heavy atom. The van der Waals surface area contributed by atoms with Crippen molar-refractivity contribution in [2.75, 3.05) is 13.2 Å². The van der Waals surface area contributed by atoms with Gasteiger partial charge in [0.25, 0.3) is 11.8 Å². The van der Waals surface area contributed by atoms with Crippen LogP contribution in [0.1, 0.15) is 46.5 Å². The van der Waals surface area contributed by atoms with Crippen LogP contribution in [0.25, 0.3) is 0 Å². The molecule has 108 valence electrons. The highest BCUT2D eigenvalue weighted by molar-refractivity contribution is 6.12. The van der Waals surface area contributed by atoms with Gasteiger partial charge in [0.15, 0.2) is 0 Å². The van der Waals surface area contributed by atoms with Gasteiger partial charge in [-0.2, -0.15) is 0 Å². The molecule has 0 aromatic heterocycles. The predicted octanol–water partition coefficient (Wildman–Crippen LogP) is 2.53. The first kappa shape index (κ1) is 15.9. The van der Waals surface area contributed by atoms with Gasteiger partial charge in [-0.25, -0.2) is 0 Å². The van der Waals surface area contributed by atoms with Crippen LogP contribution in [-0.2, 0) is 14.3 Å². The van der Waals surface area contributed by atoms with E-state index in [1.807, 2.05) is 6.92 Å². The summed E-state index contributed by atoms with van der Waals surface area (Å²) in [6.45, 7) is 7.44. The number of rotatable bonds is 9. The molecule has 2 atom stereocenters. The molecule has 0 N–H and O–H groups in total. The smallest absolute Gasteiger partial charge is 0.253 e. The number of amides is 2. The van der Waals surface area contributed by atoms with Gasteiger partial charge in [0.05, 0.1) is 12.6 Å². The van der Waals surface area contributed by atoms with Crippen LogP contribution in [0.3, 0.4) is 0 Å². The quantitative estimate of drug-likeness (QED) is 0.603. The van der Waals surface area contributed by atoms with E-state index in [-0.39, 0.29) is 17.9 Å². The zero-order valence-electron chi connectivity index (χ0n) is 12.2. The first-order valence-corrected chi connectivity index (χ1v) is 7.27. The Hall–Kier alpha value is -1.16. The Balaban J connectivity index is 2.41. The third kappa shape index (κ3) is 4.78. The van der Waals surface area contributed by atoms with Crippen LogP contribution in [0.4, 0.5) is 0 Å². The molecule has 1 aliphatic rings. The SMILES string of the molecule is CCCC(CC)COC(CC)CN1C(=O)C=CC1=O. The summed E-state index contributed by atoms with van der Waals surface area (Å²) in [5.41, 5.74) is 0. The third-order valence-electron chi connectivity index (χ3n) is 3.58. The van der Waals surface area contributed by atoms with E-state index >= 15 is 0 Å². The second-order valence-corrected chi connectivity index (χ2v) is 5.05. The number of carbonyl (C=O) groups is 2. The lowest BCUT2D eigenvalue weighted by atomic mass is 10.0. The molecule has 1 rings (SSSR count). The fourth-order valence-corrected chi connectivity index (χ4v) is 2.20. The van der Waals surface area contributed by atoms with Gasteiger partial charge >= 0.3 is 0 Å². The fourth-order valence-electron chi connectivity index (χ4n) is 2.20. The Kier molecular flexibility index (Phi) is 6.78. The first-order chi connectivity index (χ1) is 9.12. The minimum absolute atomic E-state index is 0.0568. The zero-order valence-corrected chi connectivity index (χ0v) is 12.2. The maximum Gasteiger partial charge on any atom is 0.253 e. The summed E-state index contributed by atoms with van der Waals surface area (Å²) in [4.78, 5) is 24.3. The number of ether oxygens (including phenoxy) is 1. The van der Waals surface area contributed by atoms with Gasteiger partial charge < -0.3 is 4.74 Å². The van der Waals surface area contributed by atoms with E-state index in [1.165, 1.54) is 17.1 Å². The van der Waals surface area contributed by atoms with Crippen molar-refractivity contribution in [1.29, 1.82) is 0 Å². The van der Waals surface area contributed by atoms with Crippen molar-refractivity contribution in [1.82, 2.24) is 4.90 Å². The van der Waals surface area contributed by atoms with Gasteiger partial charge in [-0.15, -0.1) is 0 Å². The van der Waals surface area contributed by atoms with Crippen molar-refractivity contribution >= 4 is 11.8 Å². The van der Waals surface area contributed by atoms with E-state index < -0.39 is 0 Å².